The van der Waals surface area contributed by atoms with Gasteiger partial charge in [0, 0.05) is 41.4 Å². The van der Waals surface area contributed by atoms with Gasteiger partial charge >= 0.3 is 0 Å². The van der Waals surface area contributed by atoms with Crippen molar-refractivity contribution >= 4 is 5.78 Å². The van der Waals surface area contributed by atoms with Crippen molar-refractivity contribution in [3.8, 4) is 33.9 Å². The molecule has 5 heteroatoms. The average Bonchev–Trinajstić information content (AvgIpc) is 3.27. The minimum absolute atomic E-state index is 0.167. The van der Waals surface area contributed by atoms with Gasteiger partial charge in [0.1, 0.15) is 11.5 Å². The average molecular weight is 430 g/mol. The van der Waals surface area contributed by atoms with E-state index in [1.165, 1.54) is 12.5 Å². The monoisotopic (exact) mass is 429 g/mol. The second-order valence-corrected chi connectivity index (χ2v) is 9.01. The highest BCUT2D eigenvalue weighted by Crippen LogP contribution is 2.48. The van der Waals surface area contributed by atoms with Gasteiger partial charge < -0.3 is 14.0 Å². The third-order valence-electron chi connectivity index (χ3n) is 6.73. The van der Waals surface area contributed by atoms with Crippen LogP contribution in [0.1, 0.15) is 48.3 Å². The molecule has 0 saturated heterocycles. The molecule has 0 N–H and O–H groups in total. The van der Waals surface area contributed by atoms with Crippen molar-refractivity contribution in [3.63, 3.8) is 0 Å². The molecule has 3 heterocycles. The first-order valence-corrected chi connectivity index (χ1v) is 11.1. The zero-order valence-corrected chi connectivity index (χ0v) is 18.9. The SMILES string of the molecule is COc1ccc(-c2cc3c(c4c2OCC4)-c2cc(=O)c(C(C)=O)cn2C(C(C)C)C3)cc1. The van der Waals surface area contributed by atoms with Gasteiger partial charge in [0.15, 0.2) is 11.2 Å². The number of carbonyl (C=O) groups is 1. The summed E-state index contributed by atoms with van der Waals surface area (Å²) in [6.45, 7) is 6.45. The Labute approximate surface area is 187 Å². The van der Waals surface area contributed by atoms with Crippen molar-refractivity contribution in [1.29, 1.82) is 0 Å². The number of ketones is 1. The first-order chi connectivity index (χ1) is 15.4. The van der Waals surface area contributed by atoms with Gasteiger partial charge in [-0.25, -0.2) is 0 Å². The van der Waals surface area contributed by atoms with Gasteiger partial charge in [-0.1, -0.05) is 26.0 Å². The summed E-state index contributed by atoms with van der Waals surface area (Å²) >= 11 is 0. The molecule has 0 saturated carbocycles. The maximum absolute atomic E-state index is 12.8. The summed E-state index contributed by atoms with van der Waals surface area (Å²) in [6, 6.07) is 12.1. The summed E-state index contributed by atoms with van der Waals surface area (Å²) in [5, 5.41) is 0. The van der Waals surface area contributed by atoms with Crippen LogP contribution in [0.5, 0.6) is 11.5 Å². The zero-order valence-electron chi connectivity index (χ0n) is 18.9. The van der Waals surface area contributed by atoms with Gasteiger partial charge in [-0.15, -0.1) is 0 Å². The highest BCUT2D eigenvalue weighted by Gasteiger charge is 2.33. The molecule has 32 heavy (non-hydrogen) atoms. The summed E-state index contributed by atoms with van der Waals surface area (Å²) in [5.74, 6) is 1.87. The predicted octanol–water partition coefficient (Wildman–Crippen LogP) is 5.08. The topological polar surface area (TPSA) is 57.5 Å². The van der Waals surface area contributed by atoms with Gasteiger partial charge in [0.2, 0.25) is 0 Å². The van der Waals surface area contributed by atoms with E-state index < -0.39 is 0 Å². The summed E-state index contributed by atoms with van der Waals surface area (Å²) in [7, 11) is 1.66. The number of Topliss-reactive ketones (excluding diaryl/α,β-unsaturated/α-hetero) is 1. The molecule has 0 spiro atoms. The molecule has 0 amide bonds. The van der Waals surface area contributed by atoms with E-state index in [1.807, 2.05) is 12.1 Å². The van der Waals surface area contributed by atoms with Crippen molar-refractivity contribution in [2.24, 2.45) is 5.92 Å². The van der Waals surface area contributed by atoms with E-state index >= 15 is 0 Å². The van der Waals surface area contributed by atoms with E-state index in [0.717, 1.165) is 52.3 Å². The maximum atomic E-state index is 12.8. The molecule has 5 rings (SSSR count). The van der Waals surface area contributed by atoms with Crippen LogP contribution >= 0.6 is 0 Å². The molecule has 0 radical (unpaired) electrons. The van der Waals surface area contributed by atoms with Crippen molar-refractivity contribution in [2.75, 3.05) is 13.7 Å². The van der Waals surface area contributed by atoms with Gasteiger partial charge in [0.25, 0.3) is 0 Å². The third kappa shape index (κ3) is 3.15. The lowest BCUT2D eigenvalue weighted by Crippen LogP contribution is -2.28. The minimum Gasteiger partial charge on any atom is -0.497 e. The Kier molecular flexibility index (Phi) is 4.92. The van der Waals surface area contributed by atoms with Crippen LogP contribution in [-0.4, -0.2) is 24.1 Å². The Balaban J connectivity index is 1.76. The van der Waals surface area contributed by atoms with E-state index in [-0.39, 0.29) is 22.8 Å². The number of methoxy groups -OCH3 is 1. The summed E-state index contributed by atoms with van der Waals surface area (Å²) in [6.07, 6.45) is 3.42. The summed E-state index contributed by atoms with van der Waals surface area (Å²) in [4.78, 5) is 24.9. The fourth-order valence-corrected chi connectivity index (χ4v) is 5.07. The molecule has 164 valence electrons. The number of hydrogen-bond donors (Lipinski definition) is 0. The standard InChI is InChI=1S/C27H27NO4/c1-15(2)23-12-18-11-21(17-5-7-19(31-4)8-6-17)27-20(9-10-32-27)26(18)24-13-25(30)22(16(3)29)14-28(23)24/h5-8,11,13-15,23H,9-10,12H2,1-4H3. The number of hydrogen-bond acceptors (Lipinski definition) is 4. The number of pyridine rings is 1. The smallest absolute Gasteiger partial charge is 0.192 e. The Morgan fingerprint density at radius 2 is 1.94 bits per heavy atom. The van der Waals surface area contributed by atoms with Gasteiger partial charge in [-0.05, 0) is 48.6 Å². The molecule has 2 aromatic carbocycles. The number of benzene rings is 2. The number of carbonyl (C=O) groups excluding carboxylic acids is 1. The molecular weight excluding hydrogens is 402 g/mol. The highest BCUT2D eigenvalue weighted by molar-refractivity contribution is 5.94. The number of ether oxygens (including phenoxy) is 2. The van der Waals surface area contributed by atoms with E-state index in [1.54, 1.807) is 19.4 Å². The second kappa shape index (κ2) is 7.66. The molecule has 0 aliphatic carbocycles. The molecule has 0 bridgehead atoms. The van der Waals surface area contributed by atoms with Crippen LogP contribution in [0.4, 0.5) is 0 Å². The minimum atomic E-state index is -0.217. The first-order valence-electron chi connectivity index (χ1n) is 11.1. The molecule has 3 aromatic rings. The first kappa shape index (κ1) is 20.6. The molecule has 2 aliphatic heterocycles. The van der Waals surface area contributed by atoms with E-state index in [2.05, 4.69) is 36.6 Å². The molecule has 0 fully saturated rings. The molecule has 1 atom stereocenters. The fourth-order valence-electron chi connectivity index (χ4n) is 5.07. The van der Waals surface area contributed by atoms with Crippen LogP contribution < -0.4 is 14.9 Å². The van der Waals surface area contributed by atoms with Crippen LogP contribution in [0.3, 0.4) is 0 Å². The van der Waals surface area contributed by atoms with E-state index in [4.69, 9.17) is 9.47 Å². The van der Waals surface area contributed by atoms with Crippen molar-refractivity contribution < 1.29 is 14.3 Å². The quantitative estimate of drug-likeness (QED) is 0.543. The van der Waals surface area contributed by atoms with E-state index in [9.17, 15) is 9.59 Å². The van der Waals surface area contributed by atoms with Gasteiger partial charge in [0.05, 0.1) is 25.0 Å². The maximum Gasteiger partial charge on any atom is 0.192 e. The number of aromatic nitrogens is 1. The lowest BCUT2D eigenvalue weighted by atomic mass is 9.82. The van der Waals surface area contributed by atoms with Crippen molar-refractivity contribution in [3.05, 3.63) is 69.5 Å². The largest absolute Gasteiger partial charge is 0.497 e. The highest BCUT2D eigenvalue weighted by atomic mass is 16.5. The Morgan fingerprint density at radius 1 is 1.19 bits per heavy atom. The van der Waals surface area contributed by atoms with Gasteiger partial charge in [-0.2, -0.15) is 0 Å². The zero-order chi connectivity index (χ0) is 22.6. The van der Waals surface area contributed by atoms with Crippen LogP contribution in [0.25, 0.3) is 22.4 Å². The van der Waals surface area contributed by atoms with Crippen LogP contribution in [0.2, 0.25) is 0 Å². The summed E-state index contributed by atoms with van der Waals surface area (Å²) in [5.41, 5.74) is 6.58. The predicted molar refractivity (Wildman–Crippen MR) is 125 cm³/mol. The molecular formula is C27H27NO4. The Bertz CT molecular complexity index is 1280. The van der Waals surface area contributed by atoms with Crippen LogP contribution in [0.15, 0.2) is 47.4 Å². The molecule has 1 unspecified atom stereocenters. The fraction of sp³-hybridized carbons (Fsp3) is 0.333. The Morgan fingerprint density at radius 3 is 2.59 bits per heavy atom. The van der Waals surface area contributed by atoms with Crippen molar-refractivity contribution in [1.82, 2.24) is 4.57 Å². The van der Waals surface area contributed by atoms with Crippen LogP contribution in [0, 0.1) is 5.92 Å². The lowest BCUT2D eigenvalue weighted by Gasteiger charge is -2.34. The second-order valence-electron chi connectivity index (χ2n) is 9.01. The number of fused-ring (bicyclic) bond motifs is 5. The number of rotatable bonds is 4. The normalized spacial score (nSPS) is 16.2. The summed E-state index contributed by atoms with van der Waals surface area (Å²) < 4.78 is 13.6. The molecule has 1 aromatic heterocycles. The Hall–Kier alpha value is -3.34. The van der Waals surface area contributed by atoms with Crippen LogP contribution in [-0.2, 0) is 12.8 Å². The van der Waals surface area contributed by atoms with E-state index in [0.29, 0.717) is 12.5 Å². The number of nitrogens with zero attached hydrogens (tertiary/aromatic N) is 1. The molecule has 2 aliphatic rings. The third-order valence-corrected chi connectivity index (χ3v) is 6.73. The lowest BCUT2D eigenvalue weighted by molar-refractivity contribution is 0.101. The van der Waals surface area contributed by atoms with Crippen molar-refractivity contribution in [2.45, 2.75) is 39.7 Å². The molecule has 5 nitrogen and oxygen atoms in total. The van der Waals surface area contributed by atoms with Gasteiger partial charge in [-0.3, -0.25) is 9.59 Å².